The Balaban J connectivity index is 1.94. The van der Waals surface area contributed by atoms with E-state index in [0.29, 0.717) is 18.9 Å². The molecule has 1 unspecified atom stereocenters. The predicted molar refractivity (Wildman–Crippen MR) is 69.6 cm³/mol. The minimum atomic E-state index is -3.18. The molecule has 0 aromatic rings. The lowest BCUT2D eigenvalue weighted by Gasteiger charge is -2.33. The maximum Gasteiger partial charge on any atom is 0.237 e. The molecule has 0 radical (unpaired) electrons. The number of carbonyl (C=O) groups excluding carboxylic acids is 1. The number of nitrogens with zero attached hydrogens (tertiary/aromatic N) is 2. The lowest BCUT2D eigenvalue weighted by atomic mass is 10.0. The van der Waals surface area contributed by atoms with Crippen molar-refractivity contribution in [2.45, 2.75) is 32.6 Å². The van der Waals surface area contributed by atoms with E-state index in [4.69, 9.17) is 0 Å². The Morgan fingerprint density at radius 2 is 2.00 bits per heavy atom. The third-order valence-electron chi connectivity index (χ3n) is 3.77. The normalized spacial score (nSPS) is 29.2. The van der Waals surface area contributed by atoms with Gasteiger partial charge in [-0.1, -0.05) is 6.92 Å². The number of carbonyl (C=O) groups is 1. The summed E-state index contributed by atoms with van der Waals surface area (Å²) in [6, 6.07) is 0. The monoisotopic (exact) mass is 274 g/mol. The minimum Gasteiger partial charge on any atom is -0.341 e. The first-order valence-corrected chi connectivity index (χ1v) is 8.35. The summed E-state index contributed by atoms with van der Waals surface area (Å²) in [7, 11) is -3.18. The van der Waals surface area contributed by atoms with Crippen molar-refractivity contribution in [1.29, 1.82) is 0 Å². The summed E-state index contributed by atoms with van der Waals surface area (Å²) in [6.07, 6.45) is 3.77. The van der Waals surface area contributed by atoms with Gasteiger partial charge in [0.25, 0.3) is 0 Å². The standard InChI is InChI=1S/C12H22N2O3S/c1-11-5-4-6-13(9-11)12(15)10-14-7-2-3-8-18(14,16)17/h11H,2-10H2,1H3. The molecule has 0 aromatic carbocycles. The van der Waals surface area contributed by atoms with Gasteiger partial charge in [-0.3, -0.25) is 4.79 Å². The Labute approximate surface area is 109 Å². The van der Waals surface area contributed by atoms with Crippen molar-refractivity contribution in [2.75, 3.05) is 31.9 Å². The van der Waals surface area contributed by atoms with Crippen LogP contribution in [0.5, 0.6) is 0 Å². The molecule has 18 heavy (non-hydrogen) atoms. The molecule has 2 fully saturated rings. The first kappa shape index (κ1) is 13.8. The Bertz CT molecular complexity index is 408. The van der Waals surface area contributed by atoms with E-state index in [-0.39, 0.29) is 18.2 Å². The zero-order chi connectivity index (χ0) is 13.2. The molecule has 2 rings (SSSR count). The van der Waals surface area contributed by atoms with E-state index >= 15 is 0 Å². The number of rotatable bonds is 2. The third kappa shape index (κ3) is 3.23. The Morgan fingerprint density at radius 1 is 1.22 bits per heavy atom. The van der Waals surface area contributed by atoms with E-state index in [1.54, 1.807) is 0 Å². The molecule has 2 heterocycles. The van der Waals surface area contributed by atoms with Gasteiger partial charge in [0, 0.05) is 19.6 Å². The second-order valence-corrected chi connectivity index (χ2v) is 7.53. The fourth-order valence-electron chi connectivity index (χ4n) is 2.68. The van der Waals surface area contributed by atoms with Gasteiger partial charge < -0.3 is 4.90 Å². The van der Waals surface area contributed by atoms with Gasteiger partial charge in [0.15, 0.2) is 0 Å². The number of sulfonamides is 1. The van der Waals surface area contributed by atoms with E-state index in [1.807, 2.05) is 4.90 Å². The molecule has 0 aromatic heterocycles. The van der Waals surface area contributed by atoms with Crippen LogP contribution in [0.1, 0.15) is 32.6 Å². The van der Waals surface area contributed by atoms with Crippen molar-refractivity contribution >= 4 is 15.9 Å². The van der Waals surface area contributed by atoms with Gasteiger partial charge in [-0.2, -0.15) is 4.31 Å². The second-order valence-electron chi connectivity index (χ2n) is 5.44. The summed E-state index contributed by atoms with van der Waals surface area (Å²) < 4.78 is 25.0. The molecule has 1 atom stereocenters. The fraction of sp³-hybridized carbons (Fsp3) is 0.917. The molecule has 2 aliphatic rings. The van der Waals surface area contributed by atoms with Crippen molar-refractivity contribution < 1.29 is 13.2 Å². The Morgan fingerprint density at radius 3 is 2.67 bits per heavy atom. The smallest absolute Gasteiger partial charge is 0.237 e. The van der Waals surface area contributed by atoms with Crippen LogP contribution in [0.15, 0.2) is 0 Å². The summed E-state index contributed by atoms with van der Waals surface area (Å²) in [6.45, 7) is 4.22. The van der Waals surface area contributed by atoms with Gasteiger partial charge in [0.2, 0.25) is 15.9 Å². The summed E-state index contributed by atoms with van der Waals surface area (Å²) in [5.74, 6) is 0.684. The van der Waals surface area contributed by atoms with Crippen LogP contribution >= 0.6 is 0 Å². The zero-order valence-corrected chi connectivity index (χ0v) is 11.8. The molecule has 2 aliphatic heterocycles. The highest BCUT2D eigenvalue weighted by Crippen LogP contribution is 2.17. The van der Waals surface area contributed by atoms with Crippen molar-refractivity contribution in [3.8, 4) is 0 Å². The Hall–Kier alpha value is -0.620. The van der Waals surface area contributed by atoms with E-state index in [1.165, 1.54) is 4.31 Å². The fourth-order valence-corrected chi connectivity index (χ4v) is 4.23. The van der Waals surface area contributed by atoms with Crippen LogP contribution in [-0.4, -0.2) is 55.5 Å². The number of likely N-dealkylation sites (tertiary alicyclic amines) is 1. The number of hydrogen-bond acceptors (Lipinski definition) is 3. The lowest BCUT2D eigenvalue weighted by molar-refractivity contribution is -0.133. The van der Waals surface area contributed by atoms with E-state index in [9.17, 15) is 13.2 Å². The van der Waals surface area contributed by atoms with Gasteiger partial charge in [-0.15, -0.1) is 0 Å². The summed E-state index contributed by atoms with van der Waals surface area (Å²) >= 11 is 0. The number of amides is 1. The average Bonchev–Trinajstić information content (AvgIpc) is 2.31. The van der Waals surface area contributed by atoms with Crippen LogP contribution in [0.3, 0.4) is 0 Å². The Kier molecular flexibility index (Phi) is 4.27. The molecule has 0 saturated carbocycles. The molecular weight excluding hydrogens is 252 g/mol. The van der Waals surface area contributed by atoms with Gasteiger partial charge in [-0.25, -0.2) is 8.42 Å². The van der Waals surface area contributed by atoms with Gasteiger partial charge in [0.1, 0.15) is 0 Å². The quantitative estimate of drug-likeness (QED) is 0.743. The largest absolute Gasteiger partial charge is 0.341 e. The molecule has 0 bridgehead atoms. The van der Waals surface area contributed by atoms with Gasteiger partial charge >= 0.3 is 0 Å². The highest BCUT2D eigenvalue weighted by atomic mass is 32.2. The van der Waals surface area contributed by atoms with Crippen LogP contribution < -0.4 is 0 Å². The van der Waals surface area contributed by atoms with E-state index < -0.39 is 10.0 Å². The van der Waals surface area contributed by atoms with E-state index in [2.05, 4.69) is 6.92 Å². The van der Waals surface area contributed by atoms with Crippen molar-refractivity contribution in [2.24, 2.45) is 5.92 Å². The first-order valence-electron chi connectivity index (χ1n) is 6.74. The SMILES string of the molecule is CC1CCCN(C(=O)CN2CCCCS2(=O)=O)C1. The molecule has 0 N–H and O–H groups in total. The molecule has 104 valence electrons. The molecule has 6 heteroatoms. The van der Waals surface area contributed by atoms with Crippen molar-refractivity contribution in [1.82, 2.24) is 9.21 Å². The predicted octanol–water partition coefficient (Wildman–Crippen LogP) is 0.671. The summed E-state index contributed by atoms with van der Waals surface area (Å²) in [4.78, 5) is 13.9. The molecule has 2 saturated heterocycles. The molecule has 0 spiro atoms. The summed E-state index contributed by atoms with van der Waals surface area (Å²) in [5.41, 5.74) is 0. The lowest BCUT2D eigenvalue weighted by Crippen LogP contribution is -2.48. The summed E-state index contributed by atoms with van der Waals surface area (Å²) in [5, 5.41) is 0. The van der Waals surface area contributed by atoms with Crippen LogP contribution in [0.4, 0.5) is 0 Å². The van der Waals surface area contributed by atoms with Crippen molar-refractivity contribution in [3.05, 3.63) is 0 Å². The number of hydrogen-bond donors (Lipinski definition) is 0. The first-order chi connectivity index (χ1) is 8.49. The van der Waals surface area contributed by atoms with Gasteiger partial charge in [-0.05, 0) is 31.6 Å². The highest BCUT2D eigenvalue weighted by molar-refractivity contribution is 7.89. The van der Waals surface area contributed by atoms with Crippen LogP contribution in [-0.2, 0) is 14.8 Å². The van der Waals surface area contributed by atoms with Crippen molar-refractivity contribution in [3.63, 3.8) is 0 Å². The zero-order valence-electron chi connectivity index (χ0n) is 11.0. The van der Waals surface area contributed by atoms with Crippen LogP contribution in [0.2, 0.25) is 0 Å². The number of piperidine rings is 1. The maximum atomic E-state index is 12.1. The maximum absolute atomic E-state index is 12.1. The van der Waals surface area contributed by atoms with E-state index in [0.717, 1.165) is 32.4 Å². The average molecular weight is 274 g/mol. The second kappa shape index (κ2) is 5.57. The van der Waals surface area contributed by atoms with Crippen LogP contribution in [0.25, 0.3) is 0 Å². The van der Waals surface area contributed by atoms with Crippen LogP contribution in [0, 0.1) is 5.92 Å². The topological polar surface area (TPSA) is 57.7 Å². The molecule has 1 amide bonds. The minimum absolute atomic E-state index is 0.0352. The van der Waals surface area contributed by atoms with Gasteiger partial charge in [0.05, 0.1) is 12.3 Å². The molecular formula is C12H22N2O3S. The molecule has 0 aliphatic carbocycles. The highest BCUT2D eigenvalue weighted by Gasteiger charge is 2.30. The third-order valence-corrected chi connectivity index (χ3v) is 5.68. The molecule has 5 nitrogen and oxygen atoms in total.